The summed E-state index contributed by atoms with van der Waals surface area (Å²) in [6.07, 6.45) is 7.60. The Bertz CT molecular complexity index is 1030. The number of hydrogen-bond acceptors (Lipinski definition) is 11. The highest BCUT2D eigenvalue weighted by Gasteiger charge is 2.10. The number of primary amides is 1. The maximum Gasteiger partial charge on any atom is 0.335 e. The van der Waals surface area contributed by atoms with Gasteiger partial charge < -0.3 is 50.3 Å². The quantitative estimate of drug-likeness (QED) is 0.0457. The fraction of sp³-hybridized carbons (Fsp3) is 0.706. The Hall–Kier alpha value is -3.34. The van der Waals surface area contributed by atoms with Crippen LogP contribution in [0.4, 0.5) is 0 Å². The van der Waals surface area contributed by atoms with Crippen molar-refractivity contribution in [2.24, 2.45) is 5.73 Å². The van der Waals surface area contributed by atoms with Crippen LogP contribution in [0.2, 0.25) is 0 Å². The summed E-state index contributed by atoms with van der Waals surface area (Å²) < 4.78 is 27.1. The zero-order valence-corrected chi connectivity index (χ0v) is 29.0. The number of carboxylic acid groups (broad SMARTS) is 1. The van der Waals surface area contributed by atoms with E-state index in [9.17, 15) is 24.3 Å². The van der Waals surface area contributed by atoms with Crippen molar-refractivity contribution < 1.29 is 53.1 Å². The van der Waals surface area contributed by atoms with Crippen LogP contribution in [-0.4, -0.2) is 119 Å². The van der Waals surface area contributed by atoms with E-state index in [4.69, 9.17) is 34.5 Å². The predicted molar refractivity (Wildman–Crippen MR) is 182 cm³/mol. The molecular weight excluding hydrogens is 640 g/mol. The molecule has 0 heterocycles. The number of benzene rings is 1. The highest BCUT2D eigenvalue weighted by Crippen LogP contribution is 2.14. The maximum absolute atomic E-state index is 12.0. The molecule has 0 spiro atoms. The number of carbonyl (C=O) groups excluding carboxylic acids is 3. The number of ether oxygens (including phenoxy) is 5. The highest BCUT2D eigenvalue weighted by molar-refractivity contribution is 5.87. The number of aromatic carboxylic acids is 1. The molecule has 49 heavy (non-hydrogen) atoms. The Morgan fingerprint density at radius 2 is 1.29 bits per heavy atom. The SMILES string of the molecule is CC(CCC(N)=O)NC(O)COCCOCCNC(=O)COCCOCCNC(=O)CCCCCCCCCOc1ccc(C(=O)O)cc1. The summed E-state index contributed by atoms with van der Waals surface area (Å²) in [5.74, 6) is -0.904. The number of nitrogens with two attached hydrogens (primary N) is 1. The molecular formula is C34H58N4O11. The molecule has 0 aliphatic heterocycles. The summed E-state index contributed by atoms with van der Waals surface area (Å²) >= 11 is 0. The first-order valence-corrected chi connectivity index (χ1v) is 17.2. The lowest BCUT2D eigenvalue weighted by Gasteiger charge is -2.18. The minimum Gasteiger partial charge on any atom is -0.494 e. The standard InChI is InChI=1S/C34H58N4O11/c1-27(10-15-30(35)39)38-33(42)26-48-24-22-46-20-17-37-32(41)25-47-23-21-45-19-16-36-31(40)9-7-5-3-2-4-6-8-18-49-29-13-11-28(12-14-29)34(43)44/h11-14,27,33,38,42H,2-10,15-26H2,1H3,(H2,35,39)(H,36,40)(H,37,41)(H,43,44). The Labute approximate surface area is 289 Å². The number of aliphatic hydroxyl groups excluding tert-OH is 1. The van der Waals surface area contributed by atoms with Crippen molar-refractivity contribution in [2.75, 3.05) is 72.6 Å². The number of carbonyl (C=O) groups is 4. The van der Waals surface area contributed by atoms with Gasteiger partial charge in [0.2, 0.25) is 17.7 Å². The van der Waals surface area contributed by atoms with Crippen LogP contribution in [0.3, 0.4) is 0 Å². The fourth-order valence-electron chi connectivity index (χ4n) is 4.44. The third-order valence-corrected chi connectivity index (χ3v) is 7.11. The van der Waals surface area contributed by atoms with E-state index in [2.05, 4.69) is 16.0 Å². The number of hydrogen-bond donors (Lipinski definition) is 6. The summed E-state index contributed by atoms with van der Waals surface area (Å²) in [4.78, 5) is 45.5. The Kier molecular flexibility index (Phi) is 26.4. The van der Waals surface area contributed by atoms with Gasteiger partial charge in [-0.15, -0.1) is 0 Å². The number of rotatable bonds is 33. The summed E-state index contributed by atoms with van der Waals surface area (Å²) in [5.41, 5.74) is 5.35. The van der Waals surface area contributed by atoms with Crippen LogP contribution >= 0.6 is 0 Å². The Morgan fingerprint density at radius 3 is 1.92 bits per heavy atom. The lowest BCUT2D eigenvalue weighted by atomic mass is 10.1. The molecule has 0 saturated heterocycles. The first-order valence-electron chi connectivity index (χ1n) is 17.2. The molecule has 0 radical (unpaired) electrons. The monoisotopic (exact) mass is 698 g/mol. The second kappa shape index (κ2) is 29.6. The number of aliphatic hydroxyl groups is 1. The molecule has 7 N–H and O–H groups in total. The molecule has 0 aliphatic carbocycles. The zero-order valence-electron chi connectivity index (χ0n) is 29.0. The molecule has 0 fully saturated rings. The summed E-state index contributed by atoms with van der Waals surface area (Å²) in [6.45, 7) is 5.03. The third kappa shape index (κ3) is 27.2. The van der Waals surface area contributed by atoms with E-state index in [0.717, 1.165) is 44.9 Å². The van der Waals surface area contributed by atoms with E-state index in [-0.39, 0.29) is 62.2 Å². The molecule has 1 aromatic carbocycles. The molecule has 1 rings (SSSR count). The smallest absolute Gasteiger partial charge is 0.335 e. The van der Waals surface area contributed by atoms with Crippen LogP contribution < -0.4 is 26.4 Å². The van der Waals surface area contributed by atoms with Crippen LogP contribution in [0.5, 0.6) is 5.75 Å². The largest absolute Gasteiger partial charge is 0.494 e. The van der Waals surface area contributed by atoms with E-state index in [1.54, 1.807) is 12.1 Å². The first-order chi connectivity index (χ1) is 23.7. The molecule has 280 valence electrons. The summed E-state index contributed by atoms with van der Waals surface area (Å²) in [6, 6.07) is 6.34. The van der Waals surface area contributed by atoms with Gasteiger partial charge in [-0.3, -0.25) is 19.7 Å². The molecule has 1 aromatic rings. The fourth-order valence-corrected chi connectivity index (χ4v) is 4.44. The average molecular weight is 699 g/mol. The number of unbranched alkanes of at least 4 members (excludes halogenated alkanes) is 6. The van der Waals surface area contributed by atoms with E-state index in [0.29, 0.717) is 64.7 Å². The van der Waals surface area contributed by atoms with Crippen molar-refractivity contribution in [1.82, 2.24) is 16.0 Å². The normalized spacial score (nSPS) is 12.3. The molecule has 2 atom stereocenters. The van der Waals surface area contributed by atoms with Crippen LogP contribution in [0.1, 0.15) is 81.5 Å². The van der Waals surface area contributed by atoms with Crippen molar-refractivity contribution in [3.05, 3.63) is 29.8 Å². The van der Waals surface area contributed by atoms with Gasteiger partial charge in [0.15, 0.2) is 0 Å². The highest BCUT2D eigenvalue weighted by atomic mass is 16.5. The number of carboxylic acids is 1. The minimum absolute atomic E-state index is 0.0116. The van der Waals surface area contributed by atoms with Gasteiger partial charge in [0.05, 0.1) is 58.4 Å². The van der Waals surface area contributed by atoms with Gasteiger partial charge in [-0.1, -0.05) is 32.1 Å². The second-order valence-electron chi connectivity index (χ2n) is 11.5. The summed E-state index contributed by atoms with van der Waals surface area (Å²) in [7, 11) is 0. The molecule has 0 aliphatic rings. The van der Waals surface area contributed by atoms with E-state index >= 15 is 0 Å². The third-order valence-electron chi connectivity index (χ3n) is 7.11. The van der Waals surface area contributed by atoms with Gasteiger partial charge in [-0.2, -0.15) is 0 Å². The van der Waals surface area contributed by atoms with Crippen molar-refractivity contribution in [2.45, 2.75) is 83.4 Å². The Balaban J connectivity index is 1.80. The molecule has 15 heteroatoms. The van der Waals surface area contributed by atoms with Crippen molar-refractivity contribution in [1.29, 1.82) is 0 Å². The van der Waals surface area contributed by atoms with Gasteiger partial charge in [0, 0.05) is 32.0 Å². The van der Waals surface area contributed by atoms with Gasteiger partial charge in [0.1, 0.15) is 18.6 Å². The molecule has 0 bridgehead atoms. The lowest BCUT2D eigenvalue weighted by molar-refractivity contribution is -0.126. The molecule has 15 nitrogen and oxygen atoms in total. The van der Waals surface area contributed by atoms with Crippen LogP contribution in [0.15, 0.2) is 24.3 Å². The van der Waals surface area contributed by atoms with Crippen molar-refractivity contribution >= 4 is 23.7 Å². The van der Waals surface area contributed by atoms with Crippen molar-refractivity contribution in [3.8, 4) is 5.75 Å². The molecule has 3 amide bonds. The predicted octanol–water partition coefficient (Wildman–Crippen LogP) is 1.75. The molecule has 0 saturated carbocycles. The van der Waals surface area contributed by atoms with E-state index in [1.165, 1.54) is 12.1 Å². The van der Waals surface area contributed by atoms with Gasteiger partial charge in [0.25, 0.3) is 0 Å². The van der Waals surface area contributed by atoms with E-state index in [1.807, 2.05) is 6.92 Å². The second-order valence-corrected chi connectivity index (χ2v) is 11.5. The van der Waals surface area contributed by atoms with Crippen LogP contribution in [0.25, 0.3) is 0 Å². The van der Waals surface area contributed by atoms with Gasteiger partial charge in [-0.05, 0) is 50.5 Å². The summed E-state index contributed by atoms with van der Waals surface area (Å²) in [5, 5.41) is 27.2. The van der Waals surface area contributed by atoms with Crippen LogP contribution in [0, 0.1) is 0 Å². The number of nitrogens with one attached hydrogen (secondary N) is 3. The van der Waals surface area contributed by atoms with Crippen LogP contribution in [-0.2, 0) is 33.3 Å². The van der Waals surface area contributed by atoms with E-state index < -0.39 is 12.2 Å². The topological polar surface area (TPSA) is 217 Å². The molecule has 2 unspecified atom stereocenters. The van der Waals surface area contributed by atoms with Gasteiger partial charge in [-0.25, -0.2) is 4.79 Å². The molecule has 0 aromatic heterocycles. The average Bonchev–Trinajstić information content (AvgIpc) is 3.07. The number of amides is 3. The van der Waals surface area contributed by atoms with Gasteiger partial charge >= 0.3 is 5.97 Å². The zero-order chi connectivity index (χ0) is 36.0. The maximum atomic E-state index is 12.0. The Morgan fingerprint density at radius 1 is 0.714 bits per heavy atom. The van der Waals surface area contributed by atoms with Crippen molar-refractivity contribution in [3.63, 3.8) is 0 Å². The first kappa shape index (κ1) is 43.7. The minimum atomic E-state index is -0.950. The lowest BCUT2D eigenvalue weighted by Crippen LogP contribution is -2.40.